The summed E-state index contributed by atoms with van der Waals surface area (Å²) in [5, 5.41) is 3.85. The molecule has 0 aromatic rings. The molecule has 3 aliphatic rings. The minimum atomic E-state index is 0.555. The molecule has 0 spiro atoms. The molecule has 3 rings (SSSR count). The molecule has 0 bridgehead atoms. The minimum absolute atomic E-state index is 0.555. The summed E-state index contributed by atoms with van der Waals surface area (Å²) < 4.78 is 0. The van der Waals surface area contributed by atoms with E-state index in [1.165, 1.54) is 83.6 Å². The van der Waals surface area contributed by atoms with Gasteiger partial charge in [0.05, 0.1) is 0 Å². The lowest BCUT2D eigenvalue weighted by Gasteiger charge is -2.38. The molecule has 0 aliphatic heterocycles. The lowest BCUT2D eigenvalue weighted by atomic mass is 9.70. The van der Waals surface area contributed by atoms with Crippen LogP contribution in [0.15, 0.2) is 11.6 Å². The average molecular weight is 247 g/mol. The lowest BCUT2D eigenvalue weighted by molar-refractivity contribution is 0.273. The van der Waals surface area contributed by atoms with Crippen molar-refractivity contribution in [2.75, 3.05) is 6.54 Å². The molecular formula is C17H29N. The van der Waals surface area contributed by atoms with Gasteiger partial charge in [-0.25, -0.2) is 0 Å². The van der Waals surface area contributed by atoms with E-state index in [0.29, 0.717) is 5.41 Å². The van der Waals surface area contributed by atoms with Crippen molar-refractivity contribution >= 4 is 0 Å². The normalized spacial score (nSPS) is 28.6. The molecule has 0 heterocycles. The van der Waals surface area contributed by atoms with Crippen LogP contribution < -0.4 is 5.32 Å². The van der Waals surface area contributed by atoms with E-state index in [0.717, 1.165) is 6.04 Å². The SMILES string of the molecule is C1=C(C2(CNC3CC3)CCCCCC2)CCCC1. The van der Waals surface area contributed by atoms with Gasteiger partial charge < -0.3 is 5.32 Å². The summed E-state index contributed by atoms with van der Waals surface area (Å²) in [5.74, 6) is 0. The maximum Gasteiger partial charge on any atom is 0.00685 e. The Hall–Kier alpha value is -0.300. The number of nitrogens with one attached hydrogen (secondary N) is 1. The Morgan fingerprint density at radius 2 is 1.78 bits per heavy atom. The van der Waals surface area contributed by atoms with E-state index in [2.05, 4.69) is 11.4 Å². The van der Waals surface area contributed by atoms with Crippen molar-refractivity contribution in [3.05, 3.63) is 11.6 Å². The summed E-state index contributed by atoms with van der Waals surface area (Å²) in [4.78, 5) is 0. The zero-order valence-electron chi connectivity index (χ0n) is 11.8. The average Bonchev–Trinajstić information content (AvgIpc) is 3.25. The van der Waals surface area contributed by atoms with Crippen LogP contribution in [0, 0.1) is 5.41 Å². The molecule has 3 aliphatic carbocycles. The van der Waals surface area contributed by atoms with Crippen molar-refractivity contribution in [1.29, 1.82) is 0 Å². The molecular weight excluding hydrogens is 218 g/mol. The summed E-state index contributed by atoms with van der Waals surface area (Å²) in [5.41, 5.74) is 2.39. The van der Waals surface area contributed by atoms with Crippen molar-refractivity contribution in [3.8, 4) is 0 Å². The Bertz CT molecular complexity index is 293. The molecule has 0 atom stereocenters. The highest BCUT2D eigenvalue weighted by Gasteiger charge is 2.36. The molecule has 0 saturated heterocycles. The maximum absolute atomic E-state index is 3.85. The first-order chi connectivity index (χ1) is 8.89. The predicted octanol–water partition coefficient (Wildman–Crippen LogP) is 4.58. The second-order valence-electron chi connectivity index (χ2n) is 6.82. The smallest absolute Gasteiger partial charge is 0.00685 e. The Balaban J connectivity index is 1.73. The highest BCUT2D eigenvalue weighted by Crippen LogP contribution is 2.44. The highest BCUT2D eigenvalue weighted by atomic mass is 15.0. The van der Waals surface area contributed by atoms with Gasteiger partial charge in [-0.05, 0) is 51.4 Å². The molecule has 2 saturated carbocycles. The molecule has 102 valence electrons. The van der Waals surface area contributed by atoms with Crippen molar-refractivity contribution in [3.63, 3.8) is 0 Å². The van der Waals surface area contributed by atoms with E-state index in [9.17, 15) is 0 Å². The second-order valence-corrected chi connectivity index (χ2v) is 6.82. The lowest BCUT2D eigenvalue weighted by Crippen LogP contribution is -2.37. The monoisotopic (exact) mass is 247 g/mol. The van der Waals surface area contributed by atoms with Crippen LogP contribution in [0.5, 0.6) is 0 Å². The third-order valence-corrected chi connectivity index (χ3v) is 5.34. The van der Waals surface area contributed by atoms with E-state index in [4.69, 9.17) is 0 Å². The number of allylic oxidation sites excluding steroid dienone is 1. The molecule has 0 aromatic heterocycles. The Morgan fingerprint density at radius 1 is 1.00 bits per heavy atom. The van der Waals surface area contributed by atoms with Crippen LogP contribution in [-0.4, -0.2) is 12.6 Å². The molecule has 1 heteroatoms. The first-order valence-electron chi connectivity index (χ1n) is 8.32. The zero-order valence-corrected chi connectivity index (χ0v) is 11.8. The van der Waals surface area contributed by atoms with E-state index in [-0.39, 0.29) is 0 Å². The Kier molecular flexibility index (Phi) is 4.08. The van der Waals surface area contributed by atoms with Crippen LogP contribution in [-0.2, 0) is 0 Å². The van der Waals surface area contributed by atoms with E-state index in [1.807, 2.05) is 5.57 Å². The van der Waals surface area contributed by atoms with E-state index >= 15 is 0 Å². The van der Waals surface area contributed by atoms with E-state index < -0.39 is 0 Å². The fraction of sp³-hybridized carbons (Fsp3) is 0.882. The quantitative estimate of drug-likeness (QED) is 0.566. The summed E-state index contributed by atoms with van der Waals surface area (Å²) in [6.07, 6.45) is 19.9. The van der Waals surface area contributed by atoms with Crippen molar-refractivity contribution in [2.45, 2.75) is 83.1 Å². The van der Waals surface area contributed by atoms with Gasteiger partial charge in [0.2, 0.25) is 0 Å². The van der Waals surface area contributed by atoms with Crippen molar-refractivity contribution < 1.29 is 0 Å². The third-order valence-electron chi connectivity index (χ3n) is 5.34. The first kappa shape index (κ1) is 12.7. The van der Waals surface area contributed by atoms with Crippen LogP contribution in [0.3, 0.4) is 0 Å². The van der Waals surface area contributed by atoms with Crippen LogP contribution in [0.2, 0.25) is 0 Å². The van der Waals surface area contributed by atoms with Crippen LogP contribution in [0.4, 0.5) is 0 Å². The van der Waals surface area contributed by atoms with E-state index in [1.54, 1.807) is 0 Å². The predicted molar refractivity (Wildman–Crippen MR) is 77.7 cm³/mol. The minimum Gasteiger partial charge on any atom is -0.313 e. The van der Waals surface area contributed by atoms with Crippen LogP contribution in [0.1, 0.15) is 77.0 Å². The molecule has 0 radical (unpaired) electrons. The molecule has 0 unspecified atom stereocenters. The summed E-state index contributed by atoms with van der Waals surface area (Å²) in [6.45, 7) is 1.28. The topological polar surface area (TPSA) is 12.0 Å². The molecule has 1 nitrogen and oxygen atoms in total. The van der Waals surface area contributed by atoms with Gasteiger partial charge in [0.15, 0.2) is 0 Å². The third kappa shape index (κ3) is 2.99. The van der Waals surface area contributed by atoms with Crippen molar-refractivity contribution in [2.24, 2.45) is 5.41 Å². The summed E-state index contributed by atoms with van der Waals surface area (Å²) in [7, 11) is 0. The van der Waals surface area contributed by atoms with Gasteiger partial charge >= 0.3 is 0 Å². The van der Waals surface area contributed by atoms with Gasteiger partial charge in [0.25, 0.3) is 0 Å². The molecule has 18 heavy (non-hydrogen) atoms. The largest absolute Gasteiger partial charge is 0.313 e. The number of hydrogen-bond donors (Lipinski definition) is 1. The van der Waals surface area contributed by atoms with Gasteiger partial charge in [-0.15, -0.1) is 0 Å². The van der Waals surface area contributed by atoms with Crippen LogP contribution >= 0.6 is 0 Å². The maximum atomic E-state index is 3.85. The fourth-order valence-corrected chi connectivity index (χ4v) is 3.96. The molecule has 2 fully saturated rings. The van der Waals surface area contributed by atoms with Gasteiger partial charge in [-0.3, -0.25) is 0 Å². The molecule has 1 N–H and O–H groups in total. The van der Waals surface area contributed by atoms with Gasteiger partial charge in [0.1, 0.15) is 0 Å². The van der Waals surface area contributed by atoms with Gasteiger partial charge in [0, 0.05) is 18.0 Å². The summed E-state index contributed by atoms with van der Waals surface area (Å²) >= 11 is 0. The standard InChI is InChI=1S/C17H29N/c1-2-7-13-17(12-6-1,14-18-16-10-11-16)15-8-4-3-5-9-15/h8,16,18H,1-7,9-14H2. The van der Waals surface area contributed by atoms with Crippen molar-refractivity contribution in [1.82, 2.24) is 5.32 Å². The Labute approximate surface area is 112 Å². The zero-order chi connectivity index (χ0) is 12.3. The Morgan fingerprint density at radius 3 is 2.39 bits per heavy atom. The molecule has 0 aromatic carbocycles. The van der Waals surface area contributed by atoms with Crippen LogP contribution in [0.25, 0.3) is 0 Å². The van der Waals surface area contributed by atoms with Gasteiger partial charge in [-0.2, -0.15) is 0 Å². The van der Waals surface area contributed by atoms with Gasteiger partial charge in [-0.1, -0.05) is 37.3 Å². The number of rotatable bonds is 4. The molecule has 0 amide bonds. The highest BCUT2D eigenvalue weighted by molar-refractivity contribution is 5.18. The first-order valence-corrected chi connectivity index (χ1v) is 8.32. The summed E-state index contributed by atoms with van der Waals surface area (Å²) in [6, 6.07) is 0.870. The second kappa shape index (κ2) is 5.77. The number of hydrogen-bond acceptors (Lipinski definition) is 1. The fourth-order valence-electron chi connectivity index (χ4n) is 3.96.